The quantitative estimate of drug-likeness (QED) is 0.773. The van der Waals surface area contributed by atoms with Gasteiger partial charge in [-0.05, 0) is 32.0 Å². The van der Waals surface area contributed by atoms with Crippen LogP contribution in [0, 0.1) is 6.92 Å². The van der Waals surface area contributed by atoms with Crippen molar-refractivity contribution < 1.29 is 9.47 Å². The highest BCUT2D eigenvalue weighted by Crippen LogP contribution is 2.27. The van der Waals surface area contributed by atoms with E-state index in [0.29, 0.717) is 12.4 Å². The number of hydrogen-bond donors (Lipinski definition) is 0. The summed E-state index contributed by atoms with van der Waals surface area (Å²) in [7, 11) is 1.65. The monoisotopic (exact) mass is 258 g/mol. The topological polar surface area (TPSA) is 36.3 Å². The lowest BCUT2D eigenvalue weighted by atomic mass is 10.1. The van der Waals surface area contributed by atoms with Crippen molar-refractivity contribution in [2.75, 3.05) is 13.7 Å². The Morgan fingerprint density at radius 2 is 2.21 bits per heavy atom. The highest BCUT2D eigenvalue weighted by atomic mass is 16.5. The van der Waals surface area contributed by atoms with Gasteiger partial charge in [0.05, 0.1) is 31.4 Å². The minimum Gasteiger partial charge on any atom is -0.495 e. The Hall–Kier alpha value is -2.23. The average molecular weight is 258 g/mol. The molecule has 4 nitrogen and oxygen atoms in total. The Morgan fingerprint density at radius 1 is 1.42 bits per heavy atom. The van der Waals surface area contributed by atoms with Crippen molar-refractivity contribution in [1.82, 2.24) is 9.55 Å². The molecule has 1 aromatic heterocycles. The summed E-state index contributed by atoms with van der Waals surface area (Å²) < 4.78 is 12.8. The Morgan fingerprint density at radius 3 is 2.79 bits per heavy atom. The van der Waals surface area contributed by atoms with Gasteiger partial charge in [0.1, 0.15) is 11.5 Å². The van der Waals surface area contributed by atoms with Crippen LogP contribution in [0.5, 0.6) is 5.75 Å². The number of hydrogen-bond acceptors (Lipinski definition) is 3. The van der Waals surface area contributed by atoms with Crippen LogP contribution in [0.25, 0.3) is 11.4 Å². The first-order valence-corrected chi connectivity index (χ1v) is 6.16. The molecule has 0 atom stereocenters. The Bertz CT molecular complexity index is 588. The van der Waals surface area contributed by atoms with Crippen LogP contribution in [-0.2, 0) is 4.74 Å². The minimum absolute atomic E-state index is 0.601. The molecular weight excluding hydrogens is 240 g/mol. The number of nitrogens with zero attached hydrogens (tertiary/aromatic N) is 2. The van der Waals surface area contributed by atoms with Crippen LogP contribution in [0.1, 0.15) is 18.2 Å². The molecule has 0 saturated carbocycles. The average Bonchev–Trinajstić information content (AvgIpc) is 2.84. The van der Waals surface area contributed by atoms with Gasteiger partial charge < -0.3 is 14.0 Å². The third-order valence-corrected chi connectivity index (χ3v) is 2.81. The van der Waals surface area contributed by atoms with Crippen molar-refractivity contribution in [1.29, 1.82) is 0 Å². The molecule has 100 valence electrons. The molecule has 0 saturated heterocycles. The molecule has 2 rings (SSSR count). The predicted molar refractivity (Wildman–Crippen MR) is 75.5 cm³/mol. The lowest BCUT2D eigenvalue weighted by Crippen LogP contribution is -1.98. The van der Waals surface area contributed by atoms with Crippen LogP contribution in [0.4, 0.5) is 0 Å². The van der Waals surface area contributed by atoms with E-state index in [1.165, 1.54) is 0 Å². The van der Waals surface area contributed by atoms with Gasteiger partial charge >= 0.3 is 0 Å². The third kappa shape index (κ3) is 2.78. The maximum Gasteiger partial charge on any atom is 0.143 e. The normalized spacial score (nSPS) is 10.3. The molecule has 1 aromatic carbocycles. The summed E-state index contributed by atoms with van der Waals surface area (Å²) in [5.74, 6) is 1.41. The number of rotatable bonds is 5. The lowest BCUT2D eigenvalue weighted by molar-refractivity contribution is 0.299. The summed E-state index contributed by atoms with van der Waals surface area (Å²) in [6.45, 7) is 8.39. The number of benzene rings is 1. The molecule has 0 unspecified atom stereocenters. The number of methoxy groups -OCH3 is 1. The first-order valence-electron chi connectivity index (χ1n) is 6.16. The van der Waals surface area contributed by atoms with Crippen molar-refractivity contribution in [2.24, 2.45) is 0 Å². The van der Waals surface area contributed by atoms with Gasteiger partial charge in [0.25, 0.3) is 0 Å². The zero-order valence-corrected chi connectivity index (χ0v) is 11.5. The second-order valence-electron chi connectivity index (χ2n) is 4.17. The van der Waals surface area contributed by atoms with Gasteiger partial charge in [-0.2, -0.15) is 0 Å². The van der Waals surface area contributed by atoms with E-state index in [4.69, 9.17) is 9.47 Å². The summed E-state index contributed by atoms with van der Waals surface area (Å²) in [5.41, 5.74) is 2.82. The minimum atomic E-state index is 0.601. The highest BCUT2D eigenvalue weighted by Gasteiger charge is 2.09. The molecule has 0 spiro atoms. The maximum atomic E-state index is 5.43. The van der Waals surface area contributed by atoms with E-state index in [-0.39, 0.29) is 0 Å². The molecule has 4 heteroatoms. The predicted octanol–water partition coefficient (Wildman–Crippen LogP) is 3.20. The van der Waals surface area contributed by atoms with E-state index in [1.807, 2.05) is 42.8 Å². The fourth-order valence-electron chi connectivity index (χ4n) is 1.87. The molecule has 0 N–H and O–H groups in total. The van der Waals surface area contributed by atoms with Crippen LogP contribution >= 0.6 is 0 Å². The van der Waals surface area contributed by atoms with Crippen LogP contribution in [-0.4, -0.2) is 23.3 Å². The van der Waals surface area contributed by atoms with Crippen molar-refractivity contribution >= 4 is 5.76 Å². The summed E-state index contributed by atoms with van der Waals surface area (Å²) in [6.07, 6.45) is 3.72. The summed E-state index contributed by atoms with van der Waals surface area (Å²) in [6, 6.07) is 5.85. The molecule has 0 aliphatic carbocycles. The molecular formula is C15H18N2O2. The van der Waals surface area contributed by atoms with Gasteiger partial charge in [0.15, 0.2) is 0 Å². The van der Waals surface area contributed by atoms with Gasteiger partial charge in [-0.25, -0.2) is 4.98 Å². The molecule has 0 amide bonds. The number of ether oxygens (including phenoxy) is 2. The molecule has 19 heavy (non-hydrogen) atoms. The molecule has 0 radical (unpaired) electrons. The third-order valence-electron chi connectivity index (χ3n) is 2.81. The smallest absolute Gasteiger partial charge is 0.143 e. The molecule has 0 bridgehead atoms. The van der Waals surface area contributed by atoms with Crippen molar-refractivity contribution in [3.8, 4) is 11.4 Å². The van der Waals surface area contributed by atoms with Crippen LogP contribution in [0.15, 0.2) is 37.3 Å². The van der Waals surface area contributed by atoms with Gasteiger partial charge in [-0.15, -0.1) is 0 Å². The second kappa shape index (κ2) is 5.61. The molecule has 1 heterocycles. The Labute approximate surface area is 113 Å². The zero-order valence-electron chi connectivity index (χ0n) is 11.5. The summed E-state index contributed by atoms with van der Waals surface area (Å²) >= 11 is 0. The largest absolute Gasteiger partial charge is 0.495 e. The number of aromatic nitrogens is 2. The van der Waals surface area contributed by atoms with E-state index in [2.05, 4.69) is 11.6 Å². The molecule has 2 aromatic rings. The summed E-state index contributed by atoms with van der Waals surface area (Å²) in [4.78, 5) is 4.22. The van der Waals surface area contributed by atoms with Gasteiger partial charge in [-0.3, -0.25) is 0 Å². The van der Waals surface area contributed by atoms with E-state index in [1.54, 1.807) is 13.4 Å². The van der Waals surface area contributed by atoms with Crippen molar-refractivity contribution in [3.05, 3.63) is 48.6 Å². The zero-order chi connectivity index (χ0) is 13.8. The SMILES string of the molecule is C=C(OCC)c1ccc(-n2cnc(C)c2)c(OC)c1. The van der Waals surface area contributed by atoms with Crippen molar-refractivity contribution in [3.63, 3.8) is 0 Å². The molecule has 0 fully saturated rings. The van der Waals surface area contributed by atoms with E-state index >= 15 is 0 Å². The van der Waals surface area contributed by atoms with E-state index in [9.17, 15) is 0 Å². The van der Waals surface area contributed by atoms with Crippen molar-refractivity contribution in [2.45, 2.75) is 13.8 Å². The van der Waals surface area contributed by atoms with E-state index < -0.39 is 0 Å². The van der Waals surface area contributed by atoms with Gasteiger partial charge in [-0.1, -0.05) is 6.58 Å². The lowest BCUT2D eigenvalue weighted by Gasteiger charge is -2.12. The van der Waals surface area contributed by atoms with Crippen LogP contribution in [0.3, 0.4) is 0 Å². The van der Waals surface area contributed by atoms with Gasteiger partial charge in [0, 0.05) is 11.8 Å². The summed E-state index contributed by atoms with van der Waals surface area (Å²) in [5, 5.41) is 0. The van der Waals surface area contributed by atoms with Crippen LogP contribution < -0.4 is 4.74 Å². The number of aryl methyl sites for hydroxylation is 1. The maximum absolute atomic E-state index is 5.43. The first kappa shape index (κ1) is 13.2. The fraction of sp³-hybridized carbons (Fsp3) is 0.267. The highest BCUT2D eigenvalue weighted by molar-refractivity contribution is 5.63. The standard InChI is InChI=1S/C15H18N2O2/c1-5-19-12(3)13-6-7-14(15(8-13)18-4)17-9-11(2)16-10-17/h6-10H,3,5H2,1-2,4H3. The van der Waals surface area contributed by atoms with Gasteiger partial charge in [0.2, 0.25) is 0 Å². The Kier molecular flexibility index (Phi) is 3.90. The van der Waals surface area contributed by atoms with Crippen LogP contribution in [0.2, 0.25) is 0 Å². The molecule has 0 aliphatic rings. The number of imidazole rings is 1. The van der Waals surface area contributed by atoms with E-state index in [0.717, 1.165) is 22.7 Å². The second-order valence-corrected chi connectivity index (χ2v) is 4.17. The first-order chi connectivity index (χ1) is 9.15. The Balaban J connectivity index is 2.39. The fourth-order valence-corrected chi connectivity index (χ4v) is 1.87. The molecule has 0 aliphatic heterocycles.